The van der Waals surface area contributed by atoms with Gasteiger partial charge in [0, 0.05) is 37.3 Å². The van der Waals surface area contributed by atoms with E-state index in [1.165, 1.54) is 6.20 Å². The first-order chi connectivity index (χ1) is 13.8. The molecule has 4 fully saturated rings. The number of carboxylic acids is 1. The summed E-state index contributed by atoms with van der Waals surface area (Å²) < 4.78 is 22.0. The molecule has 3 heterocycles. The third-order valence-electron chi connectivity index (χ3n) is 7.58. The number of ketones is 1. The maximum absolute atomic E-state index is 15.5. The molecule has 8 nitrogen and oxygen atoms in total. The fourth-order valence-corrected chi connectivity index (χ4v) is 6.29. The van der Waals surface area contributed by atoms with Crippen molar-refractivity contribution in [3.63, 3.8) is 0 Å². The van der Waals surface area contributed by atoms with Crippen LogP contribution in [0.15, 0.2) is 11.8 Å². The number of hydrogen-bond donors (Lipinski definition) is 3. The Kier molecular flexibility index (Phi) is 4.69. The fraction of sp³-hybridized carbons (Fsp3) is 0.800. The van der Waals surface area contributed by atoms with Crippen molar-refractivity contribution in [3.05, 3.63) is 11.8 Å². The van der Waals surface area contributed by atoms with Crippen molar-refractivity contribution in [3.8, 4) is 0 Å². The van der Waals surface area contributed by atoms with Gasteiger partial charge in [-0.25, -0.2) is 9.18 Å². The highest BCUT2D eigenvalue weighted by Crippen LogP contribution is 2.46. The van der Waals surface area contributed by atoms with Gasteiger partial charge in [-0.2, -0.15) is 0 Å². The average molecular weight is 408 g/mol. The minimum atomic E-state index is -1.26. The van der Waals surface area contributed by atoms with Crippen LogP contribution in [0.5, 0.6) is 0 Å². The number of halogens is 1. The van der Waals surface area contributed by atoms with E-state index in [2.05, 4.69) is 4.90 Å². The number of carboxylic acid groups (broad SMARTS) is 1. The summed E-state index contributed by atoms with van der Waals surface area (Å²) >= 11 is 0. The lowest BCUT2D eigenvalue weighted by Crippen LogP contribution is -2.73. The molecular weight excluding hydrogens is 379 g/mol. The van der Waals surface area contributed by atoms with Crippen molar-refractivity contribution in [2.75, 3.05) is 13.1 Å². The summed E-state index contributed by atoms with van der Waals surface area (Å²) in [6, 6.07) is -0.809. The van der Waals surface area contributed by atoms with Gasteiger partial charge < -0.3 is 26.2 Å². The Morgan fingerprint density at radius 2 is 1.97 bits per heavy atom. The number of hydrogen-bond acceptors (Lipinski definition) is 7. The van der Waals surface area contributed by atoms with Crippen LogP contribution < -0.4 is 11.5 Å². The molecule has 9 atom stereocenters. The monoisotopic (exact) mass is 408 g/mol. The summed E-state index contributed by atoms with van der Waals surface area (Å²) in [5.41, 5.74) is 12.0. The number of nitrogens with two attached hydrogens (primary N) is 2. The largest absolute Gasteiger partial charge is 0.478 e. The van der Waals surface area contributed by atoms with Crippen molar-refractivity contribution in [2.45, 2.75) is 80.7 Å². The number of likely N-dealkylation sites (tertiary alicyclic amines) is 1. The predicted molar refractivity (Wildman–Crippen MR) is 102 cm³/mol. The maximum Gasteiger partial charge on any atom is 0.340 e. The van der Waals surface area contributed by atoms with Crippen LogP contribution in [0.3, 0.4) is 0 Å². The van der Waals surface area contributed by atoms with Crippen molar-refractivity contribution >= 4 is 11.8 Å². The third-order valence-corrected chi connectivity index (χ3v) is 7.58. The van der Waals surface area contributed by atoms with Gasteiger partial charge >= 0.3 is 5.97 Å². The van der Waals surface area contributed by atoms with E-state index in [-0.39, 0.29) is 42.3 Å². The molecule has 0 radical (unpaired) electrons. The molecule has 29 heavy (non-hydrogen) atoms. The first kappa shape index (κ1) is 19.4. The second-order valence-corrected chi connectivity index (χ2v) is 9.32. The molecule has 5 rings (SSSR count). The average Bonchev–Trinajstić information content (AvgIpc) is 3.08. The molecule has 0 bridgehead atoms. The van der Waals surface area contributed by atoms with Crippen LogP contribution in [0.4, 0.5) is 4.39 Å². The molecule has 8 unspecified atom stereocenters. The van der Waals surface area contributed by atoms with Crippen molar-refractivity contribution in [1.29, 1.82) is 0 Å². The van der Waals surface area contributed by atoms with Gasteiger partial charge in [-0.3, -0.25) is 9.69 Å². The van der Waals surface area contributed by atoms with Crippen LogP contribution in [0, 0.1) is 5.92 Å². The number of ether oxygens (including phenoxy) is 1. The Hall–Kier alpha value is -1.55. The molecule has 9 heteroatoms. The standard InChI is InChI=1S/C20H29FN4O4/c21-13-6-11-16-19(17(13)24-4-3-10(23)7-24)29-15-5-9(22)1-2-14(15)25(16)8-12(18(11)26)20(27)28/h8-11,13-17,19H,1-7,22-23H2,(H,27,28)/t9?,10-,11?,13?,14?,15?,16?,17?,19?/m0/s1. The van der Waals surface area contributed by atoms with Gasteiger partial charge in [-0.05, 0) is 32.1 Å². The van der Waals surface area contributed by atoms with E-state index in [0.717, 1.165) is 19.3 Å². The number of alkyl halides is 1. The van der Waals surface area contributed by atoms with E-state index in [1.807, 2.05) is 4.90 Å². The number of morpholine rings is 1. The van der Waals surface area contributed by atoms with E-state index in [9.17, 15) is 14.7 Å². The number of aliphatic carboxylic acids is 1. The number of rotatable bonds is 2. The van der Waals surface area contributed by atoms with E-state index < -0.39 is 36.0 Å². The lowest BCUT2D eigenvalue weighted by Gasteiger charge is -2.60. The predicted octanol–water partition coefficient (Wildman–Crippen LogP) is -0.385. The van der Waals surface area contributed by atoms with Gasteiger partial charge in [0.1, 0.15) is 11.7 Å². The van der Waals surface area contributed by atoms with Gasteiger partial charge in [-0.1, -0.05) is 0 Å². The number of carbonyl (C=O) groups excluding carboxylic acids is 1. The summed E-state index contributed by atoms with van der Waals surface area (Å²) in [5.74, 6) is -2.42. The number of fused-ring (bicyclic) bond motifs is 2. The molecule has 5 aliphatic rings. The smallest absolute Gasteiger partial charge is 0.340 e. The second-order valence-electron chi connectivity index (χ2n) is 9.32. The zero-order chi connectivity index (χ0) is 20.4. The molecule has 0 aromatic rings. The van der Waals surface area contributed by atoms with E-state index >= 15 is 4.39 Å². The summed E-state index contributed by atoms with van der Waals surface area (Å²) in [6.07, 6.45) is 2.63. The Morgan fingerprint density at radius 3 is 2.66 bits per heavy atom. The summed E-state index contributed by atoms with van der Waals surface area (Å²) in [6.45, 7) is 1.32. The second kappa shape index (κ2) is 7.01. The summed E-state index contributed by atoms with van der Waals surface area (Å²) in [5, 5.41) is 9.57. The zero-order valence-corrected chi connectivity index (χ0v) is 16.3. The first-order valence-corrected chi connectivity index (χ1v) is 10.7. The molecule has 0 amide bonds. The van der Waals surface area contributed by atoms with E-state index in [0.29, 0.717) is 19.5 Å². The van der Waals surface area contributed by atoms with Gasteiger partial charge in [-0.15, -0.1) is 0 Å². The molecular formula is C20H29FN4O4. The number of Topliss-reactive ketones (excluding diaryl/α,β-unsaturated/α-hetero) is 1. The number of carbonyl (C=O) groups is 2. The lowest BCUT2D eigenvalue weighted by atomic mass is 9.69. The Labute approximate surface area is 169 Å². The topological polar surface area (TPSA) is 122 Å². The Balaban J connectivity index is 1.55. The van der Waals surface area contributed by atoms with Crippen LogP contribution in [0.25, 0.3) is 0 Å². The van der Waals surface area contributed by atoms with Crippen LogP contribution >= 0.6 is 0 Å². The molecule has 5 N–H and O–H groups in total. The van der Waals surface area contributed by atoms with Crippen LogP contribution in [-0.4, -0.2) is 88.3 Å². The van der Waals surface area contributed by atoms with Crippen LogP contribution in [0.1, 0.15) is 32.1 Å². The van der Waals surface area contributed by atoms with Crippen molar-refractivity contribution < 1.29 is 23.8 Å². The Bertz CT molecular complexity index is 748. The fourth-order valence-electron chi connectivity index (χ4n) is 6.29. The molecule has 0 spiro atoms. The van der Waals surface area contributed by atoms with E-state index in [4.69, 9.17) is 16.2 Å². The quantitative estimate of drug-likeness (QED) is 0.529. The van der Waals surface area contributed by atoms with Crippen molar-refractivity contribution in [1.82, 2.24) is 9.80 Å². The molecule has 2 saturated heterocycles. The van der Waals surface area contributed by atoms with Crippen LogP contribution in [0.2, 0.25) is 0 Å². The molecule has 0 aromatic heterocycles. The van der Waals surface area contributed by atoms with Gasteiger partial charge in [0.15, 0.2) is 5.78 Å². The molecule has 160 valence electrons. The van der Waals surface area contributed by atoms with Crippen LogP contribution in [-0.2, 0) is 14.3 Å². The summed E-state index contributed by atoms with van der Waals surface area (Å²) in [7, 11) is 0. The maximum atomic E-state index is 15.5. The van der Waals surface area contributed by atoms with Gasteiger partial charge in [0.05, 0.1) is 30.3 Å². The highest BCUT2D eigenvalue weighted by Gasteiger charge is 2.60. The summed E-state index contributed by atoms with van der Waals surface area (Å²) in [4.78, 5) is 28.7. The van der Waals surface area contributed by atoms with E-state index in [1.54, 1.807) is 0 Å². The molecule has 2 saturated carbocycles. The van der Waals surface area contributed by atoms with Gasteiger partial charge in [0.25, 0.3) is 0 Å². The zero-order valence-electron chi connectivity index (χ0n) is 16.3. The molecule has 2 aliphatic carbocycles. The van der Waals surface area contributed by atoms with Gasteiger partial charge in [0.2, 0.25) is 0 Å². The highest BCUT2D eigenvalue weighted by molar-refractivity contribution is 6.18. The minimum Gasteiger partial charge on any atom is -0.478 e. The normalized spacial score (nSPS) is 47.4. The third kappa shape index (κ3) is 3.01. The molecule has 3 aliphatic heterocycles. The number of nitrogens with zero attached hydrogens (tertiary/aromatic N) is 2. The van der Waals surface area contributed by atoms with Crippen molar-refractivity contribution in [2.24, 2.45) is 17.4 Å². The lowest BCUT2D eigenvalue weighted by molar-refractivity contribution is -0.211. The molecule has 0 aromatic carbocycles. The first-order valence-electron chi connectivity index (χ1n) is 10.7. The SMILES string of the molecule is NC1CCC2C(C1)OC1C(N3CC[C@H](N)C3)C(F)CC3C(=O)C(C(=O)O)=CN2C31. The highest BCUT2D eigenvalue weighted by atomic mass is 19.1. The Morgan fingerprint density at radius 1 is 1.17 bits per heavy atom. The minimum absolute atomic E-state index is 0.0152.